The van der Waals surface area contributed by atoms with Crippen molar-refractivity contribution in [2.24, 2.45) is 0 Å². The molecule has 1 N–H and O–H groups in total. The monoisotopic (exact) mass is 335 g/mol. The molecule has 0 aliphatic carbocycles. The van der Waals surface area contributed by atoms with Crippen molar-refractivity contribution in [2.45, 2.75) is 42.7 Å². The lowest BCUT2D eigenvalue weighted by atomic mass is 10.00. The van der Waals surface area contributed by atoms with E-state index in [0.717, 1.165) is 56.9 Å². The molecule has 2 aliphatic heterocycles. The number of carbonyl (C=O) groups is 1. The number of hydrogen-bond donors (Lipinski definition) is 1. The third kappa shape index (κ3) is 5.19. The van der Waals surface area contributed by atoms with E-state index in [2.05, 4.69) is 15.2 Å². The van der Waals surface area contributed by atoms with E-state index >= 15 is 0 Å². The largest absolute Gasteiger partial charge is 0.381 e. The molecule has 0 bridgehead atoms. The molecule has 1 amide bonds. The molecule has 23 heavy (non-hydrogen) atoms. The number of thioether (sulfide) groups is 1. The van der Waals surface area contributed by atoms with Crippen molar-refractivity contribution in [1.29, 1.82) is 0 Å². The van der Waals surface area contributed by atoms with Crippen LogP contribution in [0.1, 0.15) is 25.7 Å². The van der Waals surface area contributed by atoms with E-state index in [1.165, 1.54) is 0 Å². The van der Waals surface area contributed by atoms with Gasteiger partial charge in [0.05, 0.1) is 5.75 Å². The first-order chi connectivity index (χ1) is 11.3. The molecule has 0 radical (unpaired) electrons. The highest BCUT2D eigenvalue weighted by Gasteiger charge is 2.26. The highest BCUT2D eigenvalue weighted by molar-refractivity contribution is 8.00. The normalized spacial score (nSPS) is 21.2. The Morgan fingerprint density at radius 2 is 1.91 bits per heavy atom. The summed E-state index contributed by atoms with van der Waals surface area (Å²) in [6.07, 6.45) is 7.93. The second-order valence-corrected chi connectivity index (χ2v) is 7.24. The van der Waals surface area contributed by atoms with Crippen molar-refractivity contribution < 1.29 is 9.53 Å². The van der Waals surface area contributed by atoms with Gasteiger partial charge >= 0.3 is 0 Å². The van der Waals surface area contributed by atoms with Gasteiger partial charge in [-0.25, -0.2) is 0 Å². The molecule has 2 saturated heterocycles. The molecule has 0 spiro atoms. The number of aromatic nitrogens is 1. The Labute approximate surface area is 142 Å². The van der Waals surface area contributed by atoms with E-state index in [0.29, 0.717) is 17.8 Å². The zero-order valence-electron chi connectivity index (χ0n) is 13.4. The predicted octanol–water partition coefficient (Wildman–Crippen LogP) is 1.93. The number of piperidine rings is 1. The van der Waals surface area contributed by atoms with Crippen molar-refractivity contribution in [3.05, 3.63) is 24.5 Å². The van der Waals surface area contributed by atoms with Crippen LogP contribution in [0.3, 0.4) is 0 Å². The molecule has 126 valence electrons. The summed E-state index contributed by atoms with van der Waals surface area (Å²) in [5.74, 6) is 0.612. The van der Waals surface area contributed by atoms with Gasteiger partial charge in [-0.15, -0.1) is 11.8 Å². The average molecular weight is 335 g/mol. The van der Waals surface area contributed by atoms with E-state index in [1.54, 1.807) is 24.2 Å². The maximum atomic E-state index is 12.1. The lowest BCUT2D eigenvalue weighted by Gasteiger charge is -2.39. The summed E-state index contributed by atoms with van der Waals surface area (Å²) in [7, 11) is 0. The van der Waals surface area contributed by atoms with Gasteiger partial charge in [-0.2, -0.15) is 0 Å². The third-order valence-corrected chi connectivity index (χ3v) is 5.63. The minimum absolute atomic E-state index is 0.135. The fourth-order valence-electron chi connectivity index (χ4n) is 3.31. The standard InChI is InChI=1S/C17H25N3O2S/c21-17(13-23-16-1-7-18-8-2-16)19-14-3-9-20(10-4-14)15-5-11-22-12-6-15/h1-2,7-8,14-15H,3-6,9-13H2,(H,19,21). The maximum absolute atomic E-state index is 12.1. The molecule has 0 atom stereocenters. The first kappa shape index (κ1) is 16.7. The van der Waals surface area contributed by atoms with Crippen molar-refractivity contribution in [1.82, 2.24) is 15.2 Å². The van der Waals surface area contributed by atoms with Gasteiger partial charge in [-0.05, 0) is 37.8 Å². The second kappa shape index (κ2) is 8.66. The van der Waals surface area contributed by atoms with Crippen molar-refractivity contribution in [2.75, 3.05) is 32.1 Å². The zero-order valence-corrected chi connectivity index (χ0v) is 14.3. The number of pyridine rings is 1. The van der Waals surface area contributed by atoms with Gasteiger partial charge in [-0.1, -0.05) is 0 Å². The minimum atomic E-state index is 0.135. The quantitative estimate of drug-likeness (QED) is 0.834. The molecule has 6 heteroatoms. The van der Waals surface area contributed by atoms with Gasteiger partial charge in [0.2, 0.25) is 5.91 Å². The fraction of sp³-hybridized carbons (Fsp3) is 0.647. The topological polar surface area (TPSA) is 54.5 Å². The Morgan fingerprint density at radius 3 is 2.61 bits per heavy atom. The van der Waals surface area contributed by atoms with E-state index in [4.69, 9.17) is 4.74 Å². The minimum Gasteiger partial charge on any atom is -0.381 e. The van der Waals surface area contributed by atoms with Gasteiger partial charge < -0.3 is 15.0 Å². The summed E-state index contributed by atoms with van der Waals surface area (Å²) in [6.45, 7) is 3.97. The van der Waals surface area contributed by atoms with Crippen molar-refractivity contribution >= 4 is 17.7 Å². The van der Waals surface area contributed by atoms with Crippen LogP contribution < -0.4 is 5.32 Å². The van der Waals surface area contributed by atoms with Crippen LogP contribution in [-0.4, -0.2) is 59.9 Å². The van der Waals surface area contributed by atoms with Gasteiger partial charge in [0.15, 0.2) is 0 Å². The van der Waals surface area contributed by atoms with Crippen LogP contribution in [-0.2, 0) is 9.53 Å². The predicted molar refractivity (Wildman–Crippen MR) is 91.5 cm³/mol. The highest BCUT2D eigenvalue weighted by atomic mass is 32.2. The fourth-order valence-corrected chi connectivity index (χ4v) is 4.01. The Kier molecular flexibility index (Phi) is 6.30. The lowest BCUT2D eigenvalue weighted by molar-refractivity contribution is -0.119. The van der Waals surface area contributed by atoms with Crippen LogP contribution in [0.2, 0.25) is 0 Å². The Balaban J connectivity index is 1.35. The van der Waals surface area contributed by atoms with E-state index in [-0.39, 0.29) is 5.91 Å². The third-order valence-electron chi connectivity index (χ3n) is 4.62. The molecule has 3 rings (SSSR count). The molecule has 0 aromatic carbocycles. The molecular formula is C17H25N3O2S. The molecule has 2 aliphatic rings. The van der Waals surface area contributed by atoms with Crippen LogP contribution in [0.25, 0.3) is 0 Å². The number of ether oxygens (including phenoxy) is 1. The first-order valence-corrected chi connectivity index (χ1v) is 9.44. The van der Waals surface area contributed by atoms with E-state index in [9.17, 15) is 4.79 Å². The number of rotatable bonds is 5. The van der Waals surface area contributed by atoms with Crippen LogP contribution in [0.5, 0.6) is 0 Å². The van der Waals surface area contributed by atoms with Gasteiger partial charge in [-0.3, -0.25) is 9.78 Å². The van der Waals surface area contributed by atoms with Crippen LogP contribution >= 0.6 is 11.8 Å². The summed E-state index contributed by atoms with van der Waals surface area (Å²) in [5, 5.41) is 3.19. The van der Waals surface area contributed by atoms with Gasteiger partial charge in [0.1, 0.15) is 0 Å². The second-order valence-electron chi connectivity index (χ2n) is 6.19. The molecular weight excluding hydrogens is 310 g/mol. The SMILES string of the molecule is O=C(CSc1ccncc1)NC1CCN(C2CCOCC2)CC1. The van der Waals surface area contributed by atoms with Crippen LogP contribution in [0.15, 0.2) is 29.4 Å². The van der Waals surface area contributed by atoms with E-state index < -0.39 is 0 Å². The van der Waals surface area contributed by atoms with Gasteiger partial charge in [0.25, 0.3) is 0 Å². The Bertz CT molecular complexity index is 486. The number of amides is 1. The van der Waals surface area contributed by atoms with Crippen LogP contribution in [0, 0.1) is 0 Å². The molecule has 5 nitrogen and oxygen atoms in total. The summed E-state index contributed by atoms with van der Waals surface area (Å²) in [6, 6.07) is 4.88. The number of likely N-dealkylation sites (tertiary alicyclic amines) is 1. The number of carbonyl (C=O) groups excluding carboxylic acids is 1. The Morgan fingerprint density at radius 1 is 1.22 bits per heavy atom. The molecule has 1 aromatic heterocycles. The summed E-state index contributed by atoms with van der Waals surface area (Å²) >= 11 is 1.56. The Hall–Kier alpha value is -1.11. The smallest absolute Gasteiger partial charge is 0.230 e. The summed E-state index contributed by atoms with van der Waals surface area (Å²) < 4.78 is 5.44. The summed E-state index contributed by atoms with van der Waals surface area (Å²) in [5.41, 5.74) is 0. The highest BCUT2D eigenvalue weighted by Crippen LogP contribution is 2.20. The lowest BCUT2D eigenvalue weighted by Crippen LogP contribution is -2.49. The van der Waals surface area contributed by atoms with Crippen molar-refractivity contribution in [3.63, 3.8) is 0 Å². The first-order valence-electron chi connectivity index (χ1n) is 8.45. The van der Waals surface area contributed by atoms with Crippen molar-refractivity contribution in [3.8, 4) is 0 Å². The number of hydrogen-bond acceptors (Lipinski definition) is 5. The number of nitrogens with zero attached hydrogens (tertiary/aromatic N) is 2. The average Bonchev–Trinajstić information content (AvgIpc) is 2.62. The molecule has 0 unspecified atom stereocenters. The number of nitrogens with one attached hydrogen (secondary N) is 1. The zero-order chi connectivity index (χ0) is 15.9. The molecule has 3 heterocycles. The van der Waals surface area contributed by atoms with Crippen LogP contribution in [0.4, 0.5) is 0 Å². The van der Waals surface area contributed by atoms with E-state index in [1.807, 2.05) is 12.1 Å². The maximum Gasteiger partial charge on any atom is 0.230 e. The van der Waals surface area contributed by atoms with Gasteiger partial charge in [0, 0.05) is 55.7 Å². The molecule has 1 aromatic rings. The molecule has 0 saturated carbocycles. The summed E-state index contributed by atoms with van der Waals surface area (Å²) in [4.78, 5) is 19.7. The molecule has 2 fully saturated rings.